The quantitative estimate of drug-likeness (QED) is 0.586. The Morgan fingerprint density at radius 2 is 1.73 bits per heavy atom. The van der Waals surface area contributed by atoms with E-state index in [0.29, 0.717) is 11.4 Å². The molecule has 0 spiro atoms. The molecule has 0 saturated carbocycles. The average Bonchev–Trinajstić information content (AvgIpc) is 2.67. The van der Waals surface area contributed by atoms with Crippen LogP contribution >= 0.6 is 15.9 Å². The Bertz CT molecular complexity index is 1040. The van der Waals surface area contributed by atoms with Crippen LogP contribution in [-0.4, -0.2) is 40.2 Å². The Labute approximate surface area is 183 Å². The Morgan fingerprint density at radius 3 is 2.33 bits per heavy atom. The molecule has 0 amide bonds. The van der Waals surface area contributed by atoms with Gasteiger partial charge in [0.2, 0.25) is 0 Å². The molecule has 158 valence electrons. The van der Waals surface area contributed by atoms with Crippen LogP contribution < -0.4 is 0 Å². The minimum Gasteiger partial charge on any atom is -0.437 e. The highest BCUT2D eigenvalue weighted by Crippen LogP contribution is 2.43. The first kappa shape index (κ1) is 22.1. The zero-order valence-electron chi connectivity index (χ0n) is 17.7. The molecule has 1 aromatic carbocycles. The van der Waals surface area contributed by atoms with Gasteiger partial charge in [-0.15, -0.1) is 0 Å². The first-order chi connectivity index (χ1) is 14.0. The number of halogens is 1. The molecule has 30 heavy (non-hydrogen) atoms. The van der Waals surface area contributed by atoms with Crippen molar-refractivity contribution >= 4 is 33.4 Å². The Kier molecular flexibility index (Phi) is 5.84. The van der Waals surface area contributed by atoms with Crippen LogP contribution in [0.1, 0.15) is 38.8 Å². The molecule has 0 radical (unpaired) electrons. The van der Waals surface area contributed by atoms with Gasteiger partial charge in [-0.05, 0) is 67.7 Å². The van der Waals surface area contributed by atoms with E-state index in [-0.39, 0.29) is 17.1 Å². The molecule has 1 aliphatic rings. The van der Waals surface area contributed by atoms with Crippen LogP contribution in [0.3, 0.4) is 0 Å². The number of rotatable bonds is 3. The molecule has 0 saturated heterocycles. The van der Waals surface area contributed by atoms with Crippen LogP contribution in [-0.2, 0) is 19.0 Å². The predicted octanol–water partition coefficient (Wildman–Crippen LogP) is 4.87. The maximum atomic E-state index is 13.4. The van der Waals surface area contributed by atoms with Crippen molar-refractivity contribution in [2.75, 3.05) is 7.11 Å². The van der Waals surface area contributed by atoms with Gasteiger partial charge in [-0.25, -0.2) is 14.8 Å². The highest BCUT2D eigenvalue weighted by molar-refractivity contribution is 9.10. The SMILES string of the molecule is COC(=O)OC1=C(c2cc(-c3ncc(Br)cn3)ccc2C)C(=O)C(C)(C)OC1(C)C. The molecule has 7 nitrogen and oxygen atoms in total. The van der Waals surface area contributed by atoms with E-state index in [4.69, 9.17) is 9.47 Å². The molecule has 0 aliphatic carbocycles. The summed E-state index contributed by atoms with van der Waals surface area (Å²) >= 11 is 3.33. The van der Waals surface area contributed by atoms with E-state index in [1.807, 2.05) is 25.1 Å². The summed E-state index contributed by atoms with van der Waals surface area (Å²) in [5.41, 5.74) is 0.294. The van der Waals surface area contributed by atoms with Crippen molar-refractivity contribution < 1.29 is 23.8 Å². The maximum absolute atomic E-state index is 13.4. The zero-order chi connectivity index (χ0) is 22.3. The fourth-order valence-electron chi connectivity index (χ4n) is 3.47. The second-order valence-corrected chi connectivity index (χ2v) is 8.88. The largest absolute Gasteiger partial charge is 0.513 e. The number of carbonyl (C=O) groups excluding carboxylic acids is 2. The lowest BCUT2D eigenvalue weighted by molar-refractivity contribution is -0.158. The van der Waals surface area contributed by atoms with Crippen LogP contribution in [0.4, 0.5) is 4.79 Å². The summed E-state index contributed by atoms with van der Waals surface area (Å²) in [4.78, 5) is 34.0. The van der Waals surface area contributed by atoms with Gasteiger partial charge in [-0.2, -0.15) is 0 Å². The fourth-order valence-corrected chi connectivity index (χ4v) is 3.68. The maximum Gasteiger partial charge on any atom is 0.513 e. The Hall–Kier alpha value is -2.58. The second kappa shape index (κ2) is 7.92. The van der Waals surface area contributed by atoms with E-state index >= 15 is 0 Å². The van der Waals surface area contributed by atoms with Gasteiger partial charge in [0.1, 0.15) is 11.2 Å². The molecular formula is C22H23BrN2O5. The number of aryl methyl sites for hydroxylation is 1. The van der Waals surface area contributed by atoms with Gasteiger partial charge in [-0.3, -0.25) is 4.79 Å². The van der Waals surface area contributed by atoms with Crippen LogP contribution in [0, 0.1) is 6.92 Å². The van der Waals surface area contributed by atoms with E-state index < -0.39 is 17.4 Å². The van der Waals surface area contributed by atoms with Crippen LogP contribution in [0.15, 0.2) is 40.8 Å². The number of Topliss-reactive ketones (excluding diaryl/α,β-unsaturated/α-hetero) is 1. The summed E-state index contributed by atoms with van der Waals surface area (Å²) in [7, 11) is 1.21. The number of nitrogens with zero attached hydrogens (tertiary/aromatic N) is 2. The third-order valence-corrected chi connectivity index (χ3v) is 5.21. The molecule has 1 aromatic heterocycles. The number of ether oxygens (including phenoxy) is 3. The zero-order valence-corrected chi connectivity index (χ0v) is 19.3. The molecule has 0 unspecified atom stereocenters. The molecule has 8 heteroatoms. The number of hydrogen-bond donors (Lipinski definition) is 0. The van der Waals surface area contributed by atoms with Crippen molar-refractivity contribution in [1.82, 2.24) is 9.97 Å². The predicted molar refractivity (Wildman–Crippen MR) is 115 cm³/mol. The number of hydrogen-bond acceptors (Lipinski definition) is 7. The van der Waals surface area contributed by atoms with E-state index in [1.54, 1.807) is 40.1 Å². The standard InChI is InChI=1S/C22H23BrN2O5/c1-12-7-8-13(19-24-10-14(23)11-25-19)9-15(12)16-17(26)21(2,3)30-22(4,5)18(16)29-20(27)28-6/h7-11H,1-6H3. The highest BCUT2D eigenvalue weighted by atomic mass is 79.9. The summed E-state index contributed by atoms with van der Waals surface area (Å²) in [6.07, 6.45) is 2.38. The monoisotopic (exact) mass is 474 g/mol. The number of benzene rings is 1. The number of ketones is 1. The van der Waals surface area contributed by atoms with E-state index in [9.17, 15) is 9.59 Å². The van der Waals surface area contributed by atoms with Crippen LogP contribution in [0.25, 0.3) is 17.0 Å². The van der Waals surface area contributed by atoms with Crippen molar-refractivity contribution in [3.8, 4) is 11.4 Å². The van der Waals surface area contributed by atoms with Crippen molar-refractivity contribution in [1.29, 1.82) is 0 Å². The molecule has 2 aromatic rings. The van der Waals surface area contributed by atoms with Crippen molar-refractivity contribution in [3.63, 3.8) is 0 Å². The molecule has 0 bridgehead atoms. The van der Waals surface area contributed by atoms with Crippen molar-refractivity contribution in [2.24, 2.45) is 0 Å². The number of carbonyl (C=O) groups is 2. The van der Waals surface area contributed by atoms with Gasteiger partial charge in [0.15, 0.2) is 17.4 Å². The molecule has 1 aliphatic heterocycles. The average molecular weight is 475 g/mol. The lowest BCUT2D eigenvalue weighted by atomic mass is 9.81. The molecule has 0 fully saturated rings. The van der Waals surface area contributed by atoms with Crippen LogP contribution in [0.5, 0.6) is 0 Å². The summed E-state index contributed by atoms with van der Waals surface area (Å²) in [5, 5.41) is 0. The first-order valence-electron chi connectivity index (χ1n) is 9.31. The number of methoxy groups -OCH3 is 1. The summed E-state index contributed by atoms with van der Waals surface area (Å²) < 4.78 is 16.8. The summed E-state index contributed by atoms with van der Waals surface area (Å²) in [6, 6.07) is 5.58. The van der Waals surface area contributed by atoms with Gasteiger partial charge < -0.3 is 14.2 Å². The van der Waals surface area contributed by atoms with Gasteiger partial charge in [0.25, 0.3) is 0 Å². The van der Waals surface area contributed by atoms with Gasteiger partial charge >= 0.3 is 6.16 Å². The van der Waals surface area contributed by atoms with Gasteiger partial charge in [-0.1, -0.05) is 12.1 Å². The molecule has 3 rings (SSSR count). The third-order valence-electron chi connectivity index (χ3n) is 4.80. The third kappa shape index (κ3) is 4.15. The lowest BCUT2D eigenvalue weighted by Gasteiger charge is -2.41. The molecule has 2 heterocycles. The topological polar surface area (TPSA) is 87.6 Å². The first-order valence-corrected chi connectivity index (χ1v) is 10.1. The van der Waals surface area contributed by atoms with E-state index in [2.05, 4.69) is 30.6 Å². The Morgan fingerprint density at radius 1 is 1.10 bits per heavy atom. The molecule has 0 atom stereocenters. The normalized spacial score (nSPS) is 17.6. The minimum absolute atomic E-state index is 0.107. The fraction of sp³-hybridized carbons (Fsp3) is 0.364. The van der Waals surface area contributed by atoms with Crippen molar-refractivity contribution in [3.05, 3.63) is 52.0 Å². The molecular weight excluding hydrogens is 452 g/mol. The van der Waals surface area contributed by atoms with Crippen molar-refractivity contribution in [2.45, 2.75) is 45.8 Å². The summed E-state index contributed by atoms with van der Waals surface area (Å²) in [6.45, 7) is 8.77. The van der Waals surface area contributed by atoms with Gasteiger partial charge in [0, 0.05) is 18.0 Å². The van der Waals surface area contributed by atoms with Crippen LogP contribution in [0.2, 0.25) is 0 Å². The minimum atomic E-state index is -1.11. The summed E-state index contributed by atoms with van der Waals surface area (Å²) in [5.74, 6) is 0.321. The lowest BCUT2D eigenvalue weighted by Crippen LogP contribution is -2.50. The van der Waals surface area contributed by atoms with Gasteiger partial charge in [0.05, 0.1) is 17.2 Å². The second-order valence-electron chi connectivity index (χ2n) is 7.97. The Balaban J connectivity index is 2.27. The highest BCUT2D eigenvalue weighted by Gasteiger charge is 2.49. The number of aromatic nitrogens is 2. The smallest absolute Gasteiger partial charge is 0.437 e. The molecule has 0 N–H and O–H groups in total. The van der Waals surface area contributed by atoms with E-state index in [1.165, 1.54) is 7.11 Å². The van der Waals surface area contributed by atoms with E-state index in [0.717, 1.165) is 15.6 Å².